The molecular formula is C19H23NO. The van der Waals surface area contributed by atoms with Crippen molar-refractivity contribution in [1.29, 1.82) is 0 Å². The van der Waals surface area contributed by atoms with Gasteiger partial charge in [-0.15, -0.1) is 0 Å². The minimum absolute atomic E-state index is 0.361. The Hall–Kier alpha value is -1.96. The largest absolute Gasteiger partial charge is 0.508 e. The second kappa shape index (κ2) is 5.44. The minimum atomic E-state index is 0.361. The van der Waals surface area contributed by atoms with Crippen LogP contribution in [0.5, 0.6) is 5.75 Å². The van der Waals surface area contributed by atoms with Gasteiger partial charge in [0, 0.05) is 5.69 Å². The van der Waals surface area contributed by atoms with E-state index in [-0.39, 0.29) is 0 Å². The van der Waals surface area contributed by atoms with E-state index in [9.17, 15) is 5.11 Å². The number of phenols is 1. The van der Waals surface area contributed by atoms with E-state index in [4.69, 9.17) is 0 Å². The quantitative estimate of drug-likeness (QED) is 0.754. The molecule has 0 spiro atoms. The van der Waals surface area contributed by atoms with Crippen LogP contribution in [0.2, 0.25) is 0 Å². The first-order valence-electron chi connectivity index (χ1n) is 7.72. The molecule has 2 nitrogen and oxygen atoms in total. The molecule has 0 saturated carbocycles. The van der Waals surface area contributed by atoms with E-state index in [1.165, 1.54) is 17.5 Å². The minimum Gasteiger partial charge on any atom is -0.508 e. The summed E-state index contributed by atoms with van der Waals surface area (Å²) in [6.07, 6.45) is 2.36. The summed E-state index contributed by atoms with van der Waals surface area (Å²) in [4.78, 5) is 0. The molecule has 0 radical (unpaired) electrons. The molecule has 110 valence electrons. The summed E-state index contributed by atoms with van der Waals surface area (Å²) in [5.41, 5.74) is 6.02. The number of hydrogen-bond donors (Lipinski definition) is 2. The van der Waals surface area contributed by atoms with Gasteiger partial charge in [0.2, 0.25) is 0 Å². The highest BCUT2D eigenvalue weighted by atomic mass is 16.3. The number of benzene rings is 2. The zero-order chi connectivity index (χ0) is 15.0. The maximum Gasteiger partial charge on any atom is 0.118 e. The Balaban J connectivity index is 1.93. The molecule has 21 heavy (non-hydrogen) atoms. The number of rotatable bonds is 2. The highest BCUT2D eigenvalue weighted by molar-refractivity contribution is 5.58. The van der Waals surface area contributed by atoms with Crippen molar-refractivity contribution in [1.82, 2.24) is 0 Å². The fourth-order valence-corrected chi connectivity index (χ4v) is 3.30. The fourth-order valence-electron chi connectivity index (χ4n) is 3.30. The summed E-state index contributed by atoms with van der Waals surface area (Å²) in [5.74, 6) is 1.01. The maximum absolute atomic E-state index is 9.80. The molecule has 0 amide bonds. The molecule has 0 bridgehead atoms. The van der Waals surface area contributed by atoms with Gasteiger partial charge in [-0.2, -0.15) is 0 Å². The van der Waals surface area contributed by atoms with Gasteiger partial charge in [0.1, 0.15) is 5.75 Å². The van der Waals surface area contributed by atoms with Crippen LogP contribution < -0.4 is 5.32 Å². The third-order valence-electron chi connectivity index (χ3n) is 4.66. The van der Waals surface area contributed by atoms with Gasteiger partial charge in [-0.1, -0.05) is 31.2 Å². The molecule has 0 aromatic heterocycles. The van der Waals surface area contributed by atoms with E-state index in [2.05, 4.69) is 36.5 Å². The highest BCUT2D eigenvalue weighted by Gasteiger charge is 2.24. The van der Waals surface area contributed by atoms with Gasteiger partial charge in [0.25, 0.3) is 0 Å². The lowest BCUT2D eigenvalue weighted by atomic mass is 9.81. The Labute approximate surface area is 126 Å². The highest BCUT2D eigenvalue weighted by Crippen LogP contribution is 2.39. The number of aromatic hydroxyl groups is 1. The van der Waals surface area contributed by atoms with E-state index >= 15 is 0 Å². The lowest BCUT2D eigenvalue weighted by Gasteiger charge is -2.31. The van der Waals surface area contributed by atoms with E-state index in [0.29, 0.717) is 17.7 Å². The SMILES string of the molecule is Cc1cc(NC2CCC(C)c3ccccc32)c(C)cc1O. The number of anilines is 1. The summed E-state index contributed by atoms with van der Waals surface area (Å²) < 4.78 is 0. The molecule has 2 atom stereocenters. The zero-order valence-electron chi connectivity index (χ0n) is 13.0. The van der Waals surface area contributed by atoms with Crippen molar-refractivity contribution in [3.05, 3.63) is 58.7 Å². The van der Waals surface area contributed by atoms with Crippen LogP contribution in [0, 0.1) is 13.8 Å². The molecule has 2 aromatic carbocycles. The molecule has 1 aliphatic carbocycles. The van der Waals surface area contributed by atoms with Crippen molar-refractivity contribution in [3.8, 4) is 5.75 Å². The van der Waals surface area contributed by atoms with Gasteiger partial charge >= 0.3 is 0 Å². The third kappa shape index (κ3) is 2.63. The Morgan fingerprint density at radius 3 is 2.48 bits per heavy atom. The van der Waals surface area contributed by atoms with Crippen LogP contribution in [0.15, 0.2) is 36.4 Å². The first kappa shape index (κ1) is 14.0. The van der Waals surface area contributed by atoms with Crippen molar-refractivity contribution in [2.45, 2.75) is 45.6 Å². The van der Waals surface area contributed by atoms with Crippen molar-refractivity contribution in [2.75, 3.05) is 5.32 Å². The van der Waals surface area contributed by atoms with Crippen molar-refractivity contribution < 1.29 is 5.11 Å². The number of phenolic OH excluding ortho intramolecular Hbond substituents is 1. The van der Waals surface area contributed by atoms with Gasteiger partial charge in [-0.3, -0.25) is 0 Å². The fraction of sp³-hybridized carbons (Fsp3) is 0.368. The molecule has 0 fully saturated rings. The van der Waals surface area contributed by atoms with Crippen LogP contribution in [0.25, 0.3) is 0 Å². The predicted octanol–water partition coefficient (Wildman–Crippen LogP) is 5.06. The molecule has 0 heterocycles. The second-order valence-electron chi connectivity index (χ2n) is 6.26. The van der Waals surface area contributed by atoms with E-state index < -0.39 is 0 Å². The molecule has 2 heteroatoms. The van der Waals surface area contributed by atoms with Crippen LogP contribution >= 0.6 is 0 Å². The average Bonchev–Trinajstić information content (AvgIpc) is 2.48. The van der Waals surface area contributed by atoms with Gasteiger partial charge in [-0.25, -0.2) is 0 Å². The summed E-state index contributed by atoms with van der Waals surface area (Å²) in [7, 11) is 0. The van der Waals surface area contributed by atoms with Crippen LogP contribution in [-0.4, -0.2) is 5.11 Å². The van der Waals surface area contributed by atoms with Crippen LogP contribution in [0.4, 0.5) is 5.69 Å². The molecule has 0 saturated heterocycles. The van der Waals surface area contributed by atoms with E-state index in [0.717, 1.165) is 23.2 Å². The molecular weight excluding hydrogens is 258 g/mol. The predicted molar refractivity (Wildman–Crippen MR) is 88.0 cm³/mol. The van der Waals surface area contributed by atoms with Crippen LogP contribution in [0.3, 0.4) is 0 Å². The van der Waals surface area contributed by atoms with Crippen molar-refractivity contribution in [3.63, 3.8) is 0 Å². The van der Waals surface area contributed by atoms with Crippen LogP contribution in [0.1, 0.15) is 54.0 Å². The van der Waals surface area contributed by atoms with Crippen LogP contribution in [-0.2, 0) is 0 Å². The van der Waals surface area contributed by atoms with Gasteiger partial charge in [0.15, 0.2) is 0 Å². The normalized spacial score (nSPS) is 20.9. The molecule has 3 rings (SSSR count). The molecule has 2 N–H and O–H groups in total. The maximum atomic E-state index is 9.80. The van der Waals surface area contributed by atoms with E-state index in [1.807, 2.05) is 26.0 Å². The summed E-state index contributed by atoms with van der Waals surface area (Å²) in [6, 6.07) is 13.0. The molecule has 0 aliphatic heterocycles. The Kier molecular flexibility index (Phi) is 3.62. The lowest BCUT2D eigenvalue weighted by Crippen LogP contribution is -2.19. The van der Waals surface area contributed by atoms with Crippen molar-refractivity contribution >= 4 is 5.69 Å². The molecule has 2 unspecified atom stereocenters. The first-order valence-corrected chi connectivity index (χ1v) is 7.72. The van der Waals surface area contributed by atoms with Gasteiger partial charge < -0.3 is 10.4 Å². The second-order valence-corrected chi connectivity index (χ2v) is 6.26. The van der Waals surface area contributed by atoms with Crippen molar-refractivity contribution in [2.24, 2.45) is 0 Å². The topological polar surface area (TPSA) is 32.3 Å². The Morgan fingerprint density at radius 2 is 1.71 bits per heavy atom. The summed E-state index contributed by atoms with van der Waals surface area (Å²) >= 11 is 0. The lowest BCUT2D eigenvalue weighted by molar-refractivity contribution is 0.470. The Bertz CT molecular complexity index is 663. The zero-order valence-corrected chi connectivity index (χ0v) is 13.0. The number of hydrogen-bond acceptors (Lipinski definition) is 2. The summed E-state index contributed by atoms with van der Waals surface area (Å²) in [6.45, 7) is 6.29. The molecule has 2 aromatic rings. The Morgan fingerprint density at radius 1 is 1.00 bits per heavy atom. The number of aryl methyl sites for hydroxylation is 2. The monoisotopic (exact) mass is 281 g/mol. The summed E-state index contributed by atoms with van der Waals surface area (Å²) in [5, 5.41) is 13.5. The third-order valence-corrected chi connectivity index (χ3v) is 4.66. The number of nitrogens with one attached hydrogen (secondary N) is 1. The van der Waals surface area contributed by atoms with Gasteiger partial charge in [0.05, 0.1) is 6.04 Å². The standard InChI is InChI=1S/C19H23NO/c1-12-8-9-17(16-7-5-4-6-15(12)16)20-18-10-14(3)19(21)11-13(18)2/h4-7,10-12,17,20-21H,8-9H2,1-3H3. The first-order chi connectivity index (χ1) is 10.1. The van der Waals surface area contributed by atoms with E-state index in [1.54, 1.807) is 0 Å². The average molecular weight is 281 g/mol. The smallest absolute Gasteiger partial charge is 0.118 e. The molecule has 1 aliphatic rings. The number of fused-ring (bicyclic) bond motifs is 1. The van der Waals surface area contributed by atoms with Gasteiger partial charge in [-0.05, 0) is 67.0 Å².